The topological polar surface area (TPSA) is 134 Å². The summed E-state index contributed by atoms with van der Waals surface area (Å²) >= 11 is 0. The summed E-state index contributed by atoms with van der Waals surface area (Å²) in [6.07, 6.45) is 5.13. The molecule has 3 N–H and O–H groups in total. The molecule has 41 heavy (non-hydrogen) atoms. The number of benzene rings is 2. The van der Waals surface area contributed by atoms with Crippen LogP contribution in [0.2, 0.25) is 0 Å². The quantitative estimate of drug-likeness (QED) is 0.245. The Morgan fingerprint density at radius 2 is 1.68 bits per heavy atom. The lowest BCUT2D eigenvalue weighted by Gasteiger charge is -2.11. The Bertz CT molecular complexity index is 1780. The standard InChI is InChI=1S/C31H28N6O4/c1-18(17-40-4)30(39)36-23-9-5-22(6-10-23)28-26(27(29(32)38)25-15-34-20(3)16-37(25)28)21-7-11-24(12-8-21)41-31-33-14-13-19(2)35-31/h5-16H,1,17H2,2-4H3,(H2,32,38)(H,36,39). The highest BCUT2D eigenvalue weighted by Gasteiger charge is 2.25. The molecular formula is C31H28N6O4. The number of aryl methyl sites for hydroxylation is 2. The number of methoxy groups -OCH3 is 1. The molecule has 5 aromatic rings. The number of carbonyl (C=O) groups excluding carboxylic acids is 2. The Labute approximate surface area is 236 Å². The third-order valence-electron chi connectivity index (χ3n) is 6.38. The summed E-state index contributed by atoms with van der Waals surface area (Å²) in [5.41, 5.74) is 12.3. The summed E-state index contributed by atoms with van der Waals surface area (Å²) in [5, 5.41) is 2.82. The van der Waals surface area contributed by atoms with Crippen molar-refractivity contribution in [3.05, 3.63) is 102 Å². The second-order valence-electron chi connectivity index (χ2n) is 9.42. The molecule has 0 radical (unpaired) electrons. The molecular weight excluding hydrogens is 520 g/mol. The van der Waals surface area contributed by atoms with Gasteiger partial charge in [0.25, 0.3) is 11.8 Å². The fraction of sp³-hybridized carbons (Fsp3) is 0.129. The molecule has 0 aliphatic rings. The van der Waals surface area contributed by atoms with Crippen molar-refractivity contribution in [2.45, 2.75) is 13.8 Å². The van der Waals surface area contributed by atoms with Crippen LogP contribution in [0.4, 0.5) is 5.69 Å². The van der Waals surface area contributed by atoms with Crippen molar-refractivity contribution in [3.8, 4) is 34.1 Å². The molecule has 0 saturated heterocycles. The van der Waals surface area contributed by atoms with Crippen molar-refractivity contribution in [1.82, 2.24) is 19.4 Å². The molecule has 10 heteroatoms. The van der Waals surface area contributed by atoms with Crippen LogP contribution in [-0.4, -0.2) is 44.9 Å². The zero-order valence-corrected chi connectivity index (χ0v) is 22.8. The van der Waals surface area contributed by atoms with Crippen LogP contribution in [0.1, 0.15) is 21.7 Å². The van der Waals surface area contributed by atoms with E-state index in [9.17, 15) is 9.59 Å². The molecule has 0 spiro atoms. The van der Waals surface area contributed by atoms with Crippen molar-refractivity contribution in [2.24, 2.45) is 5.73 Å². The molecule has 3 heterocycles. The number of amides is 2. The fourth-order valence-corrected chi connectivity index (χ4v) is 4.51. The molecule has 0 fully saturated rings. The zero-order valence-electron chi connectivity index (χ0n) is 22.8. The maximum atomic E-state index is 12.8. The Morgan fingerprint density at radius 3 is 2.34 bits per heavy atom. The number of nitrogens with zero attached hydrogens (tertiary/aromatic N) is 4. The maximum absolute atomic E-state index is 12.8. The lowest BCUT2D eigenvalue weighted by atomic mass is 9.96. The highest BCUT2D eigenvalue weighted by molar-refractivity contribution is 6.11. The van der Waals surface area contributed by atoms with Gasteiger partial charge >= 0.3 is 6.01 Å². The normalized spacial score (nSPS) is 10.9. The molecule has 3 aromatic heterocycles. The van der Waals surface area contributed by atoms with Gasteiger partial charge < -0.3 is 24.9 Å². The number of hydrogen-bond acceptors (Lipinski definition) is 7. The van der Waals surface area contributed by atoms with Gasteiger partial charge in [-0.3, -0.25) is 14.6 Å². The van der Waals surface area contributed by atoms with E-state index in [1.165, 1.54) is 7.11 Å². The number of aromatic nitrogens is 4. The smallest absolute Gasteiger partial charge is 0.322 e. The zero-order chi connectivity index (χ0) is 29.1. The number of hydrogen-bond donors (Lipinski definition) is 2. The van der Waals surface area contributed by atoms with E-state index >= 15 is 0 Å². The van der Waals surface area contributed by atoms with E-state index in [2.05, 4.69) is 26.8 Å². The van der Waals surface area contributed by atoms with Crippen LogP contribution >= 0.6 is 0 Å². The maximum Gasteiger partial charge on any atom is 0.322 e. The number of ether oxygens (including phenoxy) is 2. The second-order valence-corrected chi connectivity index (χ2v) is 9.42. The summed E-state index contributed by atoms with van der Waals surface area (Å²) in [6, 6.07) is 16.6. The van der Waals surface area contributed by atoms with Gasteiger partial charge in [-0.2, -0.15) is 0 Å². The number of carbonyl (C=O) groups is 2. The molecule has 10 nitrogen and oxygen atoms in total. The predicted molar refractivity (Wildman–Crippen MR) is 156 cm³/mol. The van der Waals surface area contributed by atoms with Gasteiger partial charge in [-0.25, -0.2) is 9.97 Å². The molecule has 2 amide bonds. The van der Waals surface area contributed by atoms with Gasteiger partial charge in [0, 0.05) is 42.0 Å². The van der Waals surface area contributed by atoms with Crippen LogP contribution in [0.3, 0.4) is 0 Å². The van der Waals surface area contributed by atoms with E-state index in [1.54, 1.807) is 42.7 Å². The second kappa shape index (κ2) is 11.4. The van der Waals surface area contributed by atoms with E-state index in [1.807, 2.05) is 48.7 Å². The minimum Gasteiger partial charge on any atom is -0.424 e. The van der Waals surface area contributed by atoms with Gasteiger partial charge in [-0.1, -0.05) is 30.8 Å². The number of anilines is 1. The first-order valence-corrected chi connectivity index (χ1v) is 12.7. The molecule has 0 saturated carbocycles. The summed E-state index contributed by atoms with van der Waals surface area (Å²) in [6.45, 7) is 7.60. The largest absolute Gasteiger partial charge is 0.424 e. The molecule has 0 unspecified atom stereocenters. The SMILES string of the molecule is C=C(COC)C(=O)Nc1ccc(-c2c(-c3ccc(Oc4nccc(C)n4)cc3)c(C(N)=O)c3cnc(C)cn23)cc1. The Hall–Kier alpha value is -5.35. The van der Waals surface area contributed by atoms with Gasteiger partial charge in [-0.05, 0) is 55.3 Å². The van der Waals surface area contributed by atoms with E-state index in [0.717, 1.165) is 28.2 Å². The Balaban J connectivity index is 1.59. The molecule has 2 aromatic carbocycles. The lowest BCUT2D eigenvalue weighted by molar-refractivity contribution is -0.113. The number of rotatable bonds is 9. The van der Waals surface area contributed by atoms with Crippen LogP contribution in [0, 0.1) is 13.8 Å². The first kappa shape index (κ1) is 27.2. The minimum absolute atomic E-state index is 0.133. The fourth-order valence-electron chi connectivity index (χ4n) is 4.51. The predicted octanol–water partition coefficient (Wildman–Crippen LogP) is 5.11. The molecule has 0 bridgehead atoms. The number of nitrogens with two attached hydrogens (primary N) is 1. The molecule has 206 valence electrons. The Morgan fingerprint density at radius 1 is 0.976 bits per heavy atom. The van der Waals surface area contributed by atoms with Crippen LogP contribution in [0.25, 0.3) is 27.9 Å². The number of fused-ring (bicyclic) bond motifs is 1. The van der Waals surface area contributed by atoms with Crippen LogP contribution in [-0.2, 0) is 9.53 Å². The van der Waals surface area contributed by atoms with Gasteiger partial charge in [0.2, 0.25) is 0 Å². The summed E-state index contributed by atoms with van der Waals surface area (Å²) in [4.78, 5) is 38.1. The average Bonchev–Trinajstić information content (AvgIpc) is 3.28. The monoisotopic (exact) mass is 548 g/mol. The summed E-state index contributed by atoms with van der Waals surface area (Å²) in [7, 11) is 1.50. The number of primary amides is 1. The van der Waals surface area contributed by atoms with Crippen LogP contribution < -0.4 is 15.8 Å². The Kier molecular flexibility index (Phi) is 7.57. The highest BCUT2D eigenvalue weighted by atomic mass is 16.5. The third-order valence-corrected chi connectivity index (χ3v) is 6.38. The first-order valence-electron chi connectivity index (χ1n) is 12.7. The molecule has 0 atom stereocenters. The molecule has 0 aliphatic carbocycles. The lowest BCUT2D eigenvalue weighted by Crippen LogP contribution is -2.16. The van der Waals surface area contributed by atoms with Gasteiger partial charge in [-0.15, -0.1) is 0 Å². The van der Waals surface area contributed by atoms with E-state index in [-0.39, 0.29) is 18.5 Å². The highest BCUT2D eigenvalue weighted by Crippen LogP contribution is 2.40. The van der Waals surface area contributed by atoms with Crippen molar-refractivity contribution >= 4 is 23.0 Å². The van der Waals surface area contributed by atoms with Gasteiger partial charge in [0.15, 0.2) is 0 Å². The van der Waals surface area contributed by atoms with E-state index in [0.29, 0.717) is 33.7 Å². The van der Waals surface area contributed by atoms with E-state index in [4.69, 9.17) is 15.2 Å². The van der Waals surface area contributed by atoms with Crippen molar-refractivity contribution in [2.75, 3.05) is 19.0 Å². The minimum atomic E-state index is -0.580. The summed E-state index contributed by atoms with van der Waals surface area (Å²) in [5.74, 6) is -0.370. The van der Waals surface area contributed by atoms with Crippen molar-refractivity contribution < 1.29 is 19.1 Å². The first-order chi connectivity index (χ1) is 19.7. The number of nitrogens with one attached hydrogen (secondary N) is 1. The average molecular weight is 549 g/mol. The van der Waals surface area contributed by atoms with Gasteiger partial charge in [0.1, 0.15) is 5.75 Å². The van der Waals surface area contributed by atoms with Crippen molar-refractivity contribution in [3.63, 3.8) is 0 Å². The molecule has 5 rings (SSSR count). The van der Waals surface area contributed by atoms with E-state index < -0.39 is 5.91 Å². The van der Waals surface area contributed by atoms with Crippen molar-refractivity contribution in [1.29, 1.82) is 0 Å². The third kappa shape index (κ3) is 5.68. The summed E-state index contributed by atoms with van der Waals surface area (Å²) < 4.78 is 12.7. The van der Waals surface area contributed by atoms with Crippen LogP contribution in [0.15, 0.2) is 85.3 Å². The van der Waals surface area contributed by atoms with Gasteiger partial charge in [0.05, 0.1) is 35.3 Å². The van der Waals surface area contributed by atoms with Crippen LogP contribution in [0.5, 0.6) is 11.8 Å². The molecule has 0 aliphatic heterocycles.